The summed E-state index contributed by atoms with van der Waals surface area (Å²) >= 11 is 0. The van der Waals surface area contributed by atoms with Crippen molar-refractivity contribution in [2.24, 2.45) is 0 Å². The van der Waals surface area contributed by atoms with Crippen LogP contribution < -0.4 is 0 Å². The summed E-state index contributed by atoms with van der Waals surface area (Å²) in [5.41, 5.74) is 13.1. The maximum absolute atomic E-state index is 3.25. The molecule has 1 aliphatic carbocycles. The number of rotatable bonds is 3. The Labute approximate surface area is 296 Å². The van der Waals surface area contributed by atoms with Crippen LogP contribution in [-0.4, -0.2) is 0 Å². The fourth-order valence-corrected chi connectivity index (χ4v) is 8.84. The molecule has 1 aliphatic rings. The van der Waals surface area contributed by atoms with E-state index in [1.807, 2.05) is 6.07 Å². The maximum atomic E-state index is 3.25. The smallest absolute Gasteiger partial charge is 0.0321 e. The van der Waals surface area contributed by atoms with Crippen molar-refractivity contribution < 1.29 is 0 Å². The van der Waals surface area contributed by atoms with Gasteiger partial charge in [0.2, 0.25) is 0 Å². The van der Waals surface area contributed by atoms with E-state index in [1.54, 1.807) is 0 Å². The highest BCUT2D eigenvalue weighted by Crippen LogP contribution is 2.48. The van der Waals surface area contributed by atoms with Gasteiger partial charge in [-0.1, -0.05) is 152 Å². The predicted molar refractivity (Wildman–Crippen MR) is 216 cm³/mol. The number of fused-ring (bicyclic) bond motifs is 9. The minimum Gasteiger partial charge on any atom is -0.0696 e. The molecule has 10 aromatic carbocycles. The van der Waals surface area contributed by atoms with E-state index in [-0.39, 0.29) is 0 Å². The lowest BCUT2D eigenvalue weighted by Gasteiger charge is -2.20. The SMILES string of the molecule is c1ccc2cc(-c3ccc(-c4c5ccccc5c(-c5ccc6c(c5)-c5ccc7ccccc7c5C6)c5ccccc45)c4ccccc34)ccc2c#1. The minimum atomic E-state index is 0.978. The Kier molecular flexibility index (Phi) is 6.03. The van der Waals surface area contributed by atoms with Crippen molar-refractivity contribution in [1.29, 1.82) is 0 Å². The van der Waals surface area contributed by atoms with Gasteiger partial charge in [-0.05, 0) is 141 Å². The Bertz CT molecular complexity index is 2990. The first-order chi connectivity index (χ1) is 25.3. The van der Waals surface area contributed by atoms with Gasteiger partial charge in [-0.2, -0.15) is 0 Å². The first-order valence-corrected chi connectivity index (χ1v) is 17.7. The molecule has 0 aromatic heterocycles. The van der Waals surface area contributed by atoms with Gasteiger partial charge in [0.25, 0.3) is 0 Å². The lowest BCUT2D eigenvalue weighted by molar-refractivity contribution is 1.28. The number of hydrogen-bond donors (Lipinski definition) is 0. The molecule has 0 saturated carbocycles. The van der Waals surface area contributed by atoms with Gasteiger partial charge >= 0.3 is 0 Å². The van der Waals surface area contributed by atoms with Crippen LogP contribution in [0.2, 0.25) is 0 Å². The van der Waals surface area contributed by atoms with Crippen molar-refractivity contribution in [2.75, 3.05) is 0 Å². The highest BCUT2D eigenvalue weighted by atomic mass is 14.3. The van der Waals surface area contributed by atoms with Crippen LogP contribution in [0, 0.1) is 12.1 Å². The molecule has 0 heterocycles. The van der Waals surface area contributed by atoms with Crippen LogP contribution in [0.15, 0.2) is 170 Å². The van der Waals surface area contributed by atoms with Gasteiger partial charge in [-0.15, -0.1) is 0 Å². The van der Waals surface area contributed by atoms with Crippen molar-refractivity contribution in [1.82, 2.24) is 0 Å². The lowest BCUT2D eigenvalue weighted by atomic mass is 9.83. The summed E-state index contributed by atoms with van der Waals surface area (Å²) in [6, 6.07) is 69.2. The third-order valence-corrected chi connectivity index (χ3v) is 11.1. The average molecular weight is 643 g/mol. The standard InChI is InChI=1S/C51H30/c1-2-13-34-29-35(22-21-32(34)11-1)39-27-28-47(41-16-6-5-15-40(39)41)51-45-19-9-7-17-43(45)50(44-18-8-10-20-46(44)51)37-24-23-36-30-49-38-14-4-3-12-33(38)25-26-42(49)48(36)31-37/h2-10,12-29,31H,30H2. The Hall–Kier alpha value is -6.68. The molecule has 0 unspecified atom stereocenters. The van der Waals surface area contributed by atoms with E-state index in [9.17, 15) is 0 Å². The molecule has 0 saturated heterocycles. The summed E-state index contributed by atoms with van der Waals surface area (Å²) in [5.74, 6) is 0. The van der Waals surface area contributed by atoms with Crippen molar-refractivity contribution in [3.8, 4) is 44.5 Å². The second kappa shape index (κ2) is 10.9. The molecule has 0 nitrogen and oxygen atoms in total. The number of hydrogen-bond acceptors (Lipinski definition) is 0. The molecule has 0 spiro atoms. The Morgan fingerprint density at radius 3 is 1.75 bits per heavy atom. The molecular weight excluding hydrogens is 613 g/mol. The fourth-order valence-electron chi connectivity index (χ4n) is 8.84. The predicted octanol–water partition coefficient (Wildman–Crippen LogP) is 13.6. The van der Waals surface area contributed by atoms with E-state index in [0.29, 0.717) is 0 Å². The molecular formula is C51H30. The van der Waals surface area contributed by atoms with Crippen LogP contribution in [0.25, 0.3) is 98.4 Å². The van der Waals surface area contributed by atoms with Gasteiger partial charge in [-0.3, -0.25) is 0 Å². The van der Waals surface area contributed by atoms with Crippen LogP contribution >= 0.6 is 0 Å². The van der Waals surface area contributed by atoms with Crippen LogP contribution in [0.4, 0.5) is 0 Å². The van der Waals surface area contributed by atoms with E-state index in [0.717, 1.165) is 11.8 Å². The summed E-state index contributed by atoms with van der Waals surface area (Å²) in [5, 5.41) is 12.5. The maximum Gasteiger partial charge on any atom is 0.0321 e. The fraction of sp³-hybridized carbons (Fsp3) is 0.0196. The van der Waals surface area contributed by atoms with Crippen LogP contribution in [0.5, 0.6) is 0 Å². The van der Waals surface area contributed by atoms with Gasteiger partial charge in [-0.25, -0.2) is 0 Å². The molecule has 10 aromatic rings. The molecule has 0 fully saturated rings. The normalized spacial score (nSPS) is 12.1. The lowest BCUT2D eigenvalue weighted by Crippen LogP contribution is -1.93. The van der Waals surface area contributed by atoms with E-state index in [4.69, 9.17) is 0 Å². The van der Waals surface area contributed by atoms with Gasteiger partial charge in [0, 0.05) is 5.39 Å². The zero-order chi connectivity index (χ0) is 33.5. The molecule has 11 rings (SSSR count). The summed E-state index contributed by atoms with van der Waals surface area (Å²) in [4.78, 5) is 0. The van der Waals surface area contributed by atoms with Crippen molar-refractivity contribution >= 4 is 53.9 Å². The summed E-state index contributed by atoms with van der Waals surface area (Å²) in [6.45, 7) is 0. The first-order valence-electron chi connectivity index (χ1n) is 17.7. The zero-order valence-electron chi connectivity index (χ0n) is 27.9. The van der Waals surface area contributed by atoms with Crippen LogP contribution in [-0.2, 0) is 6.42 Å². The van der Waals surface area contributed by atoms with E-state index < -0.39 is 0 Å². The second-order valence-corrected chi connectivity index (χ2v) is 13.8. The minimum absolute atomic E-state index is 0.978. The summed E-state index contributed by atoms with van der Waals surface area (Å²) in [6.07, 6.45) is 0.978. The summed E-state index contributed by atoms with van der Waals surface area (Å²) in [7, 11) is 0. The third kappa shape index (κ3) is 4.22. The van der Waals surface area contributed by atoms with Crippen molar-refractivity contribution in [3.05, 3.63) is 193 Å². The molecule has 0 atom stereocenters. The molecule has 0 aliphatic heterocycles. The molecule has 0 bridgehead atoms. The third-order valence-electron chi connectivity index (χ3n) is 11.1. The topological polar surface area (TPSA) is 0 Å². The Morgan fingerprint density at radius 2 is 0.980 bits per heavy atom. The van der Waals surface area contributed by atoms with Crippen molar-refractivity contribution in [2.45, 2.75) is 6.42 Å². The van der Waals surface area contributed by atoms with Gasteiger partial charge < -0.3 is 0 Å². The highest BCUT2D eigenvalue weighted by molar-refractivity contribution is 6.24. The molecule has 0 heteroatoms. The van der Waals surface area contributed by atoms with E-state index in [1.165, 1.54) is 104 Å². The van der Waals surface area contributed by atoms with Gasteiger partial charge in [0.05, 0.1) is 0 Å². The van der Waals surface area contributed by atoms with E-state index >= 15 is 0 Å². The van der Waals surface area contributed by atoms with Crippen LogP contribution in [0.1, 0.15) is 11.1 Å². The van der Waals surface area contributed by atoms with Crippen LogP contribution in [0.3, 0.4) is 0 Å². The van der Waals surface area contributed by atoms with Gasteiger partial charge in [0.15, 0.2) is 0 Å². The average Bonchev–Trinajstić information content (AvgIpc) is 3.58. The molecule has 0 amide bonds. The first kappa shape index (κ1) is 28.2. The van der Waals surface area contributed by atoms with E-state index in [2.05, 4.69) is 176 Å². The molecule has 51 heavy (non-hydrogen) atoms. The Balaban J connectivity index is 1.15. The number of benzene rings is 9. The molecule has 0 N–H and O–H groups in total. The second-order valence-electron chi connectivity index (χ2n) is 13.8. The molecule has 234 valence electrons. The Morgan fingerprint density at radius 1 is 0.373 bits per heavy atom. The largest absolute Gasteiger partial charge is 0.0696 e. The highest BCUT2D eigenvalue weighted by Gasteiger charge is 2.23. The van der Waals surface area contributed by atoms with Crippen molar-refractivity contribution in [3.63, 3.8) is 0 Å². The van der Waals surface area contributed by atoms with Gasteiger partial charge in [0.1, 0.15) is 0 Å². The summed E-state index contributed by atoms with van der Waals surface area (Å²) < 4.78 is 0. The molecule has 0 radical (unpaired) electrons. The quantitative estimate of drug-likeness (QED) is 0.168. The zero-order valence-corrected chi connectivity index (χ0v) is 27.9. The monoisotopic (exact) mass is 642 g/mol.